The van der Waals surface area contributed by atoms with Gasteiger partial charge in [0.1, 0.15) is 33.1 Å². The van der Waals surface area contributed by atoms with Crippen molar-refractivity contribution in [2.24, 2.45) is 11.1 Å². The summed E-state index contributed by atoms with van der Waals surface area (Å²) in [4.78, 5) is 21.0. The highest BCUT2D eigenvalue weighted by atomic mass is 32.2. The topological polar surface area (TPSA) is 109 Å². The molecule has 0 amide bonds. The van der Waals surface area contributed by atoms with Gasteiger partial charge in [0.05, 0.1) is 18.0 Å². The monoisotopic (exact) mass is 504 g/mol. The normalized spacial score (nSPS) is 18.4. The van der Waals surface area contributed by atoms with Crippen LogP contribution in [0.4, 0.5) is 5.82 Å². The minimum atomic E-state index is 0.105. The van der Waals surface area contributed by atoms with Crippen molar-refractivity contribution >= 4 is 34.4 Å². The fourth-order valence-electron chi connectivity index (χ4n) is 5.78. The number of hydrogen-bond donors (Lipinski definition) is 1. The van der Waals surface area contributed by atoms with Crippen molar-refractivity contribution < 1.29 is 0 Å². The number of imidazole rings is 1. The standard InChI is InChI=1S/C28H24N8S/c29-14-18-5-7-22-31-16-25(36(22)17-18)37-24-8-6-21-27(34-24)32-15-23(33-21)35-11-9-28(10-12-35)13-19-3-1-2-4-20(19)26(28)30/h1-8,15-17,26H,9-13,30H2/t26-/m1/s1. The Labute approximate surface area is 218 Å². The first-order chi connectivity index (χ1) is 18.1. The van der Waals surface area contributed by atoms with E-state index < -0.39 is 0 Å². The second-order valence-corrected chi connectivity index (χ2v) is 10.9. The van der Waals surface area contributed by atoms with Gasteiger partial charge in [-0.1, -0.05) is 24.3 Å². The largest absolute Gasteiger partial charge is 0.355 e. The Morgan fingerprint density at radius 2 is 1.86 bits per heavy atom. The minimum absolute atomic E-state index is 0.105. The van der Waals surface area contributed by atoms with Gasteiger partial charge in [-0.3, -0.25) is 4.40 Å². The zero-order valence-corrected chi connectivity index (χ0v) is 20.9. The Balaban J connectivity index is 1.09. The molecule has 0 saturated carbocycles. The SMILES string of the molecule is N#Cc1ccc2ncc(Sc3ccc4nc(N5CCC6(CC5)Cc5ccccc5[C@H]6N)cnc4n3)n2c1. The molecule has 4 aromatic heterocycles. The number of benzene rings is 1. The number of aromatic nitrogens is 5. The average Bonchev–Trinajstić information content (AvgIpc) is 3.46. The first-order valence-electron chi connectivity index (χ1n) is 12.4. The maximum atomic E-state index is 9.23. The number of piperidine rings is 1. The van der Waals surface area contributed by atoms with E-state index in [4.69, 9.17) is 15.7 Å². The highest BCUT2D eigenvalue weighted by molar-refractivity contribution is 7.99. The number of pyridine rings is 2. The molecule has 182 valence electrons. The number of nitriles is 1. The summed E-state index contributed by atoms with van der Waals surface area (Å²) in [5.41, 5.74) is 12.4. The summed E-state index contributed by atoms with van der Waals surface area (Å²) in [6, 6.07) is 18.4. The third kappa shape index (κ3) is 3.72. The molecule has 37 heavy (non-hydrogen) atoms. The Kier molecular flexibility index (Phi) is 5.13. The van der Waals surface area contributed by atoms with Crippen molar-refractivity contribution in [3.05, 3.63) is 83.8 Å². The molecule has 1 spiro atoms. The van der Waals surface area contributed by atoms with E-state index in [9.17, 15) is 5.26 Å². The number of nitrogens with zero attached hydrogens (tertiary/aromatic N) is 7. The number of fused-ring (bicyclic) bond motifs is 3. The van der Waals surface area contributed by atoms with Gasteiger partial charge in [0.2, 0.25) is 0 Å². The van der Waals surface area contributed by atoms with Crippen molar-refractivity contribution in [2.45, 2.75) is 35.4 Å². The quantitative estimate of drug-likeness (QED) is 0.381. The van der Waals surface area contributed by atoms with E-state index in [1.54, 1.807) is 18.5 Å². The van der Waals surface area contributed by atoms with Gasteiger partial charge < -0.3 is 10.6 Å². The van der Waals surface area contributed by atoms with Gasteiger partial charge in [-0.05, 0) is 71.8 Å². The highest BCUT2D eigenvalue weighted by Crippen LogP contribution is 2.50. The second kappa shape index (κ2) is 8.54. The Bertz CT molecular complexity index is 1700. The molecule has 1 aliphatic heterocycles. The summed E-state index contributed by atoms with van der Waals surface area (Å²) in [5, 5.41) is 10.9. The molecule has 5 heterocycles. The Morgan fingerprint density at radius 3 is 2.70 bits per heavy atom. The summed E-state index contributed by atoms with van der Waals surface area (Å²) in [5.74, 6) is 0.888. The number of nitrogens with two attached hydrogens (primary N) is 1. The molecule has 2 N–H and O–H groups in total. The highest BCUT2D eigenvalue weighted by Gasteiger charge is 2.45. The van der Waals surface area contributed by atoms with Crippen LogP contribution in [0.1, 0.15) is 35.6 Å². The fourth-order valence-corrected chi connectivity index (χ4v) is 6.61. The smallest absolute Gasteiger partial charge is 0.179 e. The molecule has 1 fully saturated rings. The van der Waals surface area contributed by atoms with Gasteiger partial charge >= 0.3 is 0 Å². The molecule has 5 aromatic rings. The predicted molar refractivity (Wildman–Crippen MR) is 142 cm³/mol. The summed E-state index contributed by atoms with van der Waals surface area (Å²) in [7, 11) is 0. The molecule has 7 rings (SSSR count). The van der Waals surface area contributed by atoms with Gasteiger partial charge in [0, 0.05) is 25.3 Å². The molecular weight excluding hydrogens is 480 g/mol. The molecule has 0 bridgehead atoms. The van der Waals surface area contributed by atoms with Gasteiger partial charge in [-0.25, -0.2) is 19.9 Å². The van der Waals surface area contributed by atoms with Crippen molar-refractivity contribution in [1.29, 1.82) is 5.26 Å². The van der Waals surface area contributed by atoms with Crippen molar-refractivity contribution in [3.8, 4) is 6.07 Å². The first-order valence-corrected chi connectivity index (χ1v) is 13.2. The van der Waals surface area contributed by atoms with E-state index in [1.165, 1.54) is 22.9 Å². The molecule has 8 nitrogen and oxygen atoms in total. The van der Waals surface area contributed by atoms with Crippen molar-refractivity contribution in [1.82, 2.24) is 24.3 Å². The molecule has 1 saturated heterocycles. The summed E-state index contributed by atoms with van der Waals surface area (Å²) < 4.78 is 1.90. The predicted octanol–water partition coefficient (Wildman–Crippen LogP) is 4.54. The van der Waals surface area contributed by atoms with Crippen molar-refractivity contribution in [2.75, 3.05) is 18.0 Å². The first kappa shape index (κ1) is 22.2. The molecule has 1 atom stereocenters. The van der Waals surface area contributed by atoms with Gasteiger partial charge in [-0.15, -0.1) is 0 Å². The van der Waals surface area contributed by atoms with E-state index in [2.05, 4.69) is 45.2 Å². The lowest BCUT2D eigenvalue weighted by Crippen LogP contribution is -2.44. The molecule has 1 aromatic carbocycles. The van der Waals surface area contributed by atoms with Gasteiger partial charge in [0.15, 0.2) is 5.65 Å². The summed E-state index contributed by atoms with van der Waals surface area (Å²) in [6.45, 7) is 1.84. The molecule has 9 heteroatoms. The maximum absolute atomic E-state index is 9.23. The minimum Gasteiger partial charge on any atom is -0.355 e. The summed E-state index contributed by atoms with van der Waals surface area (Å²) >= 11 is 1.49. The van der Waals surface area contributed by atoms with Gasteiger partial charge in [0.25, 0.3) is 0 Å². The third-order valence-electron chi connectivity index (χ3n) is 7.85. The lowest BCUT2D eigenvalue weighted by Gasteiger charge is -2.42. The molecule has 2 aliphatic rings. The van der Waals surface area contributed by atoms with Crippen LogP contribution in [0.15, 0.2) is 77.2 Å². The van der Waals surface area contributed by atoms with Crippen LogP contribution in [0.3, 0.4) is 0 Å². The number of rotatable bonds is 3. The zero-order chi connectivity index (χ0) is 25.0. The van der Waals surface area contributed by atoms with Crippen LogP contribution in [0.25, 0.3) is 16.8 Å². The zero-order valence-electron chi connectivity index (χ0n) is 20.1. The van der Waals surface area contributed by atoms with Crippen LogP contribution in [0.2, 0.25) is 0 Å². The molecular formula is C28H24N8S. The lowest BCUT2D eigenvalue weighted by atomic mass is 9.73. The van der Waals surface area contributed by atoms with E-state index >= 15 is 0 Å². The lowest BCUT2D eigenvalue weighted by molar-refractivity contribution is 0.187. The van der Waals surface area contributed by atoms with Crippen LogP contribution in [-0.4, -0.2) is 37.4 Å². The number of anilines is 1. The fraction of sp³-hybridized carbons (Fsp3) is 0.250. The third-order valence-corrected chi connectivity index (χ3v) is 8.80. The van der Waals surface area contributed by atoms with Crippen LogP contribution in [0.5, 0.6) is 0 Å². The van der Waals surface area contributed by atoms with Crippen molar-refractivity contribution in [3.63, 3.8) is 0 Å². The molecule has 1 aliphatic carbocycles. The maximum Gasteiger partial charge on any atom is 0.179 e. The van der Waals surface area contributed by atoms with E-state index in [0.29, 0.717) is 11.2 Å². The van der Waals surface area contributed by atoms with Crippen LogP contribution in [-0.2, 0) is 6.42 Å². The van der Waals surface area contributed by atoms with Crippen LogP contribution >= 0.6 is 11.8 Å². The van der Waals surface area contributed by atoms with E-state index in [0.717, 1.165) is 59.4 Å². The van der Waals surface area contributed by atoms with E-state index in [-0.39, 0.29) is 11.5 Å². The molecule has 0 unspecified atom stereocenters. The molecule has 0 radical (unpaired) electrons. The van der Waals surface area contributed by atoms with Crippen LogP contribution < -0.4 is 10.6 Å². The number of hydrogen-bond acceptors (Lipinski definition) is 8. The summed E-state index contributed by atoms with van der Waals surface area (Å²) in [6.07, 6.45) is 8.57. The van der Waals surface area contributed by atoms with Crippen LogP contribution in [0, 0.1) is 16.7 Å². The Morgan fingerprint density at radius 1 is 1.00 bits per heavy atom. The second-order valence-electron chi connectivity index (χ2n) is 9.88. The average molecular weight is 505 g/mol. The van der Waals surface area contributed by atoms with E-state index in [1.807, 2.05) is 28.8 Å². The van der Waals surface area contributed by atoms with Gasteiger partial charge in [-0.2, -0.15) is 5.26 Å². The Hall–Kier alpha value is -4.00.